The maximum Gasteiger partial charge on any atom is 0.246 e. The van der Waals surface area contributed by atoms with Crippen molar-refractivity contribution in [1.82, 2.24) is 14.7 Å². The SMILES string of the molecule is C=CC(=O)N(Cc1cnn(-c2ccc(Cl)cc2)c1)CC1CCS(=O)(=O)C1. The lowest BCUT2D eigenvalue weighted by Gasteiger charge is -2.23. The minimum Gasteiger partial charge on any atom is -0.334 e. The molecule has 0 aliphatic carbocycles. The lowest BCUT2D eigenvalue weighted by Crippen LogP contribution is -2.34. The van der Waals surface area contributed by atoms with Gasteiger partial charge in [0.25, 0.3) is 0 Å². The molecule has 0 N–H and O–H groups in total. The lowest BCUT2D eigenvalue weighted by molar-refractivity contribution is -0.127. The first-order chi connectivity index (χ1) is 12.4. The van der Waals surface area contributed by atoms with E-state index in [1.807, 2.05) is 18.3 Å². The summed E-state index contributed by atoms with van der Waals surface area (Å²) < 4.78 is 25.0. The van der Waals surface area contributed by atoms with E-state index in [0.29, 0.717) is 24.5 Å². The summed E-state index contributed by atoms with van der Waals surface area (Å²) in [7, 11) is -2.97. The first-order valence-electron chi connectivity index (χ1n) is 8.27. The molecule has 1 aliphatic rings. The average Bonchev–Trinajstić information content (AvgIpc) is 3.20. The molecular weight excluding hydrogens is 374 g/mol. The highest BCUT2D eigenvalue weighted by Gasteiger charge is 2.30. The van der Waals surface area contributed by atoms with Crippen molar-refractivity contribution in [2.24, 2.45) is 5.92 Å². The highest BCUT2D eigenvalue weighted by Crippen LogP contribution is 2.21. The monoisotopic (exact) mass is 393 g/mol. The number of carbonyl (C=O) groups excluding carboxylic acids is 1. The van der Waals surface area contributed by atoms with E-state index in [0.717, 1.165) is 11.3 Å². The van der Waals surface area contributed by atoms with Crippen molar-refractivity contribution in [2.75, 3.05) is 18.1 Å². The van der Waals surface area contributed by atoms with Gasteiger partial charge in [0.1, 0.15) is 0 Å². The zero-order valence-electron chi connectivity index (χ0n) is 14.2. The van der Waals surface area contributed by atoms with Crippen molar-refractivity contribution in [3.05, 3.63) is 59.9 Å². The molecule has 1 atom stereocenters. The summed E-state index contributed by atoms with van der Waals surface area (Å²) in [5.74, 6) is 0.0870. The lowest BCUT2D eigenvalue weighted by atomic mass is 10.1. The van der Waals surface area contributed by atoms with Crippen molar-refractivity contribution >= 4 is 27.3 Å². The van der Waals surface area contributed by atoms with Crippen LogP contribution in [-0.2, 0) is 21.2 Å². The van der Waals surface area contributed by atoms with Crippen LogP contribution in [0.4, 0.5) is 0 Å². The van der Waals surface area contributed by atoms with E-state index in [9.17, 15) is 13.2 Å². The van der Waals surface area contributed by atoms with Gasteiger partial charge in [0.15, 0.2) is 9.84 Å². The van der Waals surface area contributed by atoms with Crippen LogP contribution in [0.15, 0.2) is 49.3 Å². The molecule has 3 rings (SSSR count). The maximum absolute atomic E-state index is 12.2. The average molecular weight is 394 g/mol. The van der Waals surface area contributed by atoms with Crippen LogP contribution >= 0.6 is 11.6 Å². The predicted molar refractivity (Wildman–Crippen MR) is 101 cm³/mol. The molecule has 1 saturated heterocycles. The van der Waals surface area contributed by atoms with Gasteiger partial charge >= 0.3 is 0 Å². The first kappa shape index (κ1) is 18.7. The standard InChI is InChI=1S/C18H20ClN3O3S/c1-2-18(23)21(10-14-7-8-26(24,25)13-14)11-15-9-20-22(12-15)17-5-3-16(19)4-6-17/h2-6,9,12,14H,1,7-8,10-11,13H2. The van der Waals surface area contributed by atoms with Gasteiger partial charge in [0.2, 0.25) is 5.91 Å². The van der Waals surface area contributed by atoms with Gasteiger partial charge < -0.3 is 4.90 Å². The molecule has 1 amide bonds. The summed E-state index contributed by atoms with van der Waals surface area (Å²) >= 11 is 5.90. The number of hydrogen-bond acceptors (Lipinski definition) is 4. The van der Waals surface area contributed by atoms with Crippen LogP contribution < -0.4 is 0 Å². The fourth-order valence-electron chi connectivity index (χ4n) is 3.09. The number of benzene rings is 1. The van der Waals surface area contributed by atoms with Crippen molar-refractivity contribution in [2.45, 2.75) is 13.0 Å². The summed E-state index contributed by atoms with van der Waals surface area (Å²) in [6.45, 7) is 4.30. The topological polar surface area (TPSA) is 72.3 Å². The minimum absolute atomic E-state index is 0.0322. The molecule has 0 saturated carbocycles. The Morgan fingerprint density at radius 2 is 2.12 bits per heavy atom. The Bertz CT molecular complexity index is 906. The van der Waals surface area contributed by atoms with Crippen molar-refractivity contribution in [3.63, 3.8) is 0 Å². The third kappa shape index (κ3) is 4.53. The molecule has 1 aliphatic heterocycles. The molecule has 6 nitrogen and oxygen atoms in total. The van der Waals surface area contributed by atoms with Gasteiger partial charge in [0.05, 0.1) is 23.4 Å². The normalized spacial score (nSPS) is 18.6. The van der Waals surface area contributed by atoms with Crippen LogP contribution in [0.3, 0.4) is 0 Å². The number of halogens is 1. The van der Waals surface area contributed by atoms with Gasteiger partial charge in [0, 0.05) is 29.9 Å². The molecule has 1 fully saturated rings. The molecule has 26 heavy (non-hydrogen) atoms. The van der Waals surface area contributed by atoms with Gasteiger partial charge in [-0.3, -0.25) is 4.79 Å². The third-order valence-electron chi connectivity index (χ3n) is 4.39. The Labute approximate surface area is 158 Å². The molecule has 1 aromatic carbocycles. The van der Waals surface area contributed by atoms with E-state index in [1.165, 1.54) is 6.08 Å². The molecule has 1 unspecified atom stereocenters. The first-order valence-corrected chi connectivity index (χ1v) is 10.5. The highest BCUT2D eigenvalue weighted by atomic mass is 35.5. The maximum atomic E-state index is 12.2. The Morgan fingerprint density at radius 1 is 1.38 bits per heavy atom. The number of amides is 1. The fourth-order valence-corrected chi connectivity index (χ4v) is 5.06. The quantitative estimate of drug-likeness (QED) is 0.707. The van der Waals surface area contributed by atoms with Crippen LogP contribution in [0.25, 0.3) is 5.69 Å². The van der Waals surface area contributed by atoms with Crippen LogP contribution in [0.5, 0.6) is 0 Å². The number of sulfone groups is 1. The molecular formula is C18H20ClN3O3S. The summed E-state index contributed by atoms with van der Waals surface area (Å²) in [4.78, 5) is 13.8. The van der Waals surface area contributed by atoms with E-state index in [1.54, 1.807) is 27.9 Å². The number of nitrogens with zero attached hydrogens (tertiary/aromatic N) is 3. The van der Waals surface area contributed by atoms with Crippen LogP contribution in [-0.4, -0.2) is 47.1 Å². The van der Waals surface area contributed by atoms with Gasteiger partial charge in [-0.2, -0.15) is 5.10 Å². The number of aromatic nitrogens is 2. The summed E-state index contributed by atoms with van der Waals surface area (Å²) in [5.41, 5.74) is 1.72. The predicted octanol–water partition coefficient (Wildman–Crippen LogP) is 2.48. The van der Waals surface area contributed by atoms with E-state index >= 15 is 0 Å². The van der Waals surface area contributed by atoms with Gasteiger partial charge in [-0.1, -0.05) is 18.2 Å². The highest BCUT2D eigenvalue weighted by molar-refractivity contribution is 7.91. The second kappa shape index (κ2) is 7.63. The van der Waals surface area contributed by atoms with E-state index in [2.05, 4.69) is 11.7 Å². The molecule has 1 aromatic heterocycles. The minimum atomic E-state index is -2.97. The summed E-state index contributed by atoms with van der Waals surface area (Å²) in [6, 6.07) is 7.28. The van der Waals surface area contributed by atoms with Crippen LogP contribution in [0.2, 0.25) is 5.02 Å². The van der Waals surface area contributed by atoms with E-state index in [-0.39, 0.29) is 23.3 Å². The molecule has 2 aromatic rings. The van der Waals surface area contributed by atoms with E-state index < -0.39 is 9.84 Å². The molecule has 8 heteroatoms. The molecule has 138 valence electrons. The van der Waals surface area contributed by atoms with Crippen molar-refractivity contribution in [1.29, 1.82) is 0 Å². The summed E-state index contributed by atoms with van der Waals surface area (Å²) in [5, 5.41) is 4.97. The van der Waals surface area contributed by atoms with Crippen molar-refractivity contribution < 1.29 is 13.2 Å². The van der Waals surface area contributed by atoms with Gasteiger partial charge in [-0.25, -0.2) is 13.1 Å². The van der Waals surface area contributed by atoms with Crippen molar-refractivity contribution in [3.8, 4) is 5.69 Å². The molecule has 0 spiro atoms. The zero-order valence-corrected chi connectivity index (χ0v) is 15.8. The smallest absolute Gasteiger partial charge is 0.246 e. The fraction of sp³-hybridized carbons (Fsp3) is 0.333. The molecule has 0 bridgehead atoms. The van der Waals surface area contributed by atoms with Crippen LogP contribution in [0.1, 0.15) is 12.0 Å². The zero-order chi connectivity index (χ0) is 18.7. The Kier molecular flexibility index (Phi) is 5.48. The third-order valence-corrected chi connectivity index (χ3v) is 6.48. The molecule has 0 radical (unpaired) electrons. The van der Waals surface area contributed by atoms with Gasteiger partial charge in [-0.15, -0.1) is 0 Å². The summed E-state index contributed by atoms with van der Waals surface area (Å²) in [6.07, 6.45) is 5.39. The van der Waals surface area contributed by atoms with Crippen LogP contribution in [0, 0.1) is 5.92 Å². The Balaban J connectivity index is 1.72. The largest absolute Gasteiger partial charge is 0.334 e. The second-order valence-corrected chi connectivity index (χ2v) is 9.13. The second-order valence-electron chi connectivity index (χ2n) is 6.46. The van der Waals surface area contributed by atoms with Gasteiger partial charge in [-0.05, 0) is 42.7 Å². The Morgan fingerprint density at radius 3 is 2.73 bits per heavy atom. The molecule has 2 heterocycles. The van der Waals surface area contributed by atoms with E-state index in [4.69, 9.17) is 11.6 Å². The number of carbonyl (C=O) groups is 1. The number of hydrogen-bond donors (Lipinski definition) is 0. The Hall–Kier alpha value is -2.12. The number of rotatable bonds is 6.